The molecule has 4 N–H and O–H groups in total. The van der Waals surface area contributed by atoms with E-state index in [-0.39, 0.29) is 31.0 Å². The lowest BCUT2D eigenvalue weighted by atomic mass is 9.82. The second kappa shape index (κ2) is 10.8. The molecule has 0 radical (unpaired) electrons. The molecule has 0 bridgehead atoms. The first kappa shape index (κ1) is 28.1. The van der Waals surface area contributed by atoms with E-state index in [2.05, 4.69) is 15.3 Å². The molecule has 0 aliphatic carbocycles. The van der Waals surface area contributed by atoms with Crippen LogP contribution in [0, 0.1) is 5.82 Å². The molecule has 4 aromatic rings. The quantitative estimate of drug-likeness (QED) is 0.283. The number of nitrogens with two attached hydrogens (primary N) is 1. The summed E-state index contributed by atoms with van der Waals surface area (Å²) in [7, 11) is 0. The van der Waals surface area contributed by atoms with Gasteiger partial charge in [-0.15, -0.1) is 0 Å². The third-order valence-electron chi connectivity index (χ3n) is 7.26. The summed E-state index contributed by atoms with van der Waals surface area (Å²) >= 11 is 0. The van der Waals surface area contributed by atoms with Crippen LogP contribution >= 0.6 is 0 Å². The summed E-state index contributed by atoms with van der Waals surface area (Å²) in [6.45, 7) is 1.76. The van der Waals surface area contributed by atoms with E-state index >= 15 is 0 Å². The van der Waals surface area contributed by atoms with E-state index in [9.17, 15) is 23.5 Å². The second-order valence-electron chi connectivity index (χ2n) is 10.3. The third-order valence-corrected chi connectivity index (χ3v) is 7.26. The Labute approximate surface area is 234 Å². The molecule has 11 heteroatoms. The minimum atomic E-state index is -1.71. The van der Waals surface area contributed by atoms with Gasteiger partial charge in [-0.25, -0.2) is 13.8 Å². The number of benzene rings is 2. The number of ether oxygens (including phenoxy) is 2. The number of carbonyl (C=O) groups is 2. The molecule has 2 aromatic carbocycles. The van der Waals surface area contributed by atoms with Gasteiger partial charge in [0.25, 0.3) is 5.91 Å². The predicted octanol–water partition coefficient (Wildman–Crippen LogP) is 3.65. The van der Waals surface area contributed by atoms with Crippen LogP contribution in [-0.2, 0) is 27.2 Å². The summed E-state index contributed by atoms with van der Waals surface area (Å²) in [6.07, 6.45) is 1.59. The number of primary amides is 1. The smallest absolute Gasteiger partial charge is 0.251 e. The number of nitrogens with one attached hydrogen (secondary N) is 1. The van der Waals surface area contributed by atoms with Crippen LogP contribution in [0.5, 0.6) is 5.75 Å². The van der Waals surface area contributed by atoms with Crippen LogP contribution in [0.1, 0.15) is 41.0 Å². The third kappa shape index (κ3) is 5.33. The average molecular weight is 563 g/mol. The van der Waals surface area contributed by atoms with Crippen molar-refractivity contribution in [3.05, 3.63) is 89.0 Å². The van der Waals surface area contributed by atoms with Crippen molar-refractivity contribution in [1.29, 1.82) is 0 Å². The first-order chi connectivity index (χ1) is 19.5. The highest BCUT2D eigenvalue weighted by Crippen LogP contribution is 2.45. The normalized spacial score (nSPS) is 17.5. The Kier molecular flexibility index (Phi) is 7.41. The molecule has 1 aliphatic heterocycles. The first-order valence-corrected chi connectivity index (χ1v) is 12.8. The summed E-state index contributed by atoms with van der Waals surface area (Å²) in [6, 6.07) is 13.8. The minimum Gasteiger partial charge on any atom is -0.489 e. The number of carbonyl (C=O) groups excluding carboxylic acids is 2. The fourth-order valence-corrected chi connectivity index (χ4v) is 4.77. The van der Waals surface area contributed by atoms with Crippen molar-refractivity contribution in [3.8, 4) is 17.0 Å². The van der Waals surface area contributed by atoms with E-state index in [1.807, 2.05) is 0 Å². The zero-order valence-electron chi connectivity index (χ0n) is 22.4. The molecule has 5 rings (SSSR count). The summed E-state index contributed by atoms with van der Waals surface area (Å²) in [5.74, 6) is -1.25. The van der Waals surface area contributed by atoms with Gasteiger partial charge in [0, 0.05) is 33.8 Å². The molecule has 0 saturated carbocycles. The lowest BCUT2D eigenvalue weighted by Crippen LogP contribution is -2.41. The van der Waals surface area contributed by atoms with Crippen LogP contribution in [-0.4, -0.2) is 46.9 Å². The fraction of sp³-hybridized carbons (Fsp3) is 0.267. The second-order valence-corrected chi connectivity index (χ2v) is 10.3. The van der Waals surface area contributed by atoms with Gasteiger partial charge in [-0.05, 0) is 62.4 Å². The standard InChI is InChI=1S/C30H28F2N4O5/c1-29(28(33)38)15-41-26-22(29)12-23(36-25(26)17-5-7-21(32)8-6-17)30(2,39)14-35-27(37)19-10-18-4-3-9-34-24(18)20(11-19)13-40-16-31/h3-12,39H,13-16H2,1-2H3,(H2,33,38)(H,35,37)/t29-,30-/m0/s1. The van der Waals surface area contributed by atoms with E-state index in [0.717, 1.165) is 0 Å². The van der Waals surface area contributed by atoms with Crippen LogP contribution in [0.15, 0.2) is 60.8 Å². The highest BCUT2D eigenvalue weighted by atomic mass is 19.1. The lowest BCUT2D eigenvalue weighted by Gasteiger charge is -2.26. The van der Waals surface area contributed by atoms with Crippen molar-refractivity contribution in [2.45, 2.75) is 31.5 Å². The number of rotatable bonds is 9. The zero-order valence-corrected chi connectivity index (χ0v) is 22.4. The van der Waals surface area contributed by atoms with Gasteiger partial charge in [-0.3, -0.25) is 14.6 Å². The Morgan fingerprint density at radius 1 is 1.22 bits per heavy atom. The van der Waals surface area contributed by atoms with E-state index in [1.165, 1.54) is 31.2 Å². The summed E-state index contributed by atoms with van der Waals surface area (Å²) in [5.41, 5.74) is 5.58. The Morgan fingerprint density at radius 3 is 2.68 bits per heavy atom. The first-order valence-electron chi connectivity index (χ1n) is 12.8. The van der Waals surface area contributed by atoms with E-state index in [4.69, 9.17) is 15.2 Å². The van der Waals surface area contributed by atoms with Gasteiger partial charge in [0.1, 0.15) is 34.9 Å². The molecule has 1 aliphatic rings. The van der Waals surface area contributed by atoms with Gasteiger partial charge in [0.15, 0.2) is 6.86 Å². The average Bonchev–Trinajstić information content (AvgIpc) is 3.32. The van der Waals surface area contributed by atoms with Crippen molar-refractivity contribution >= 4 is 22.7 Å². The lowest BCUT2D eigenvalue weighted by molar-refractivity contribution is -0.123. The maximum atomic E-state index is 13.6. The molecule has 41 heavy (non-hydrogen) atoms. The molecule has 2 amide bonds. The van der Waals surface area contributed by atoms with Gasteiger partial charge < -0.3 is 25.6 Å². The Bertz CT molecular complexity index is 1640. The number of halogens is 2. The number of nitrogens with zero attached hydrogens (tertiary/aromatic N) is 2. The van der Waals surface area contributed by atoms with Crippen molar-refractivity contribution < 1.29 is 33.0 Å². The van der Waals surface area contributed by atoms with Crippen molar-refractivity contribution in [1.82, 2.24) is 15.3 Å². The fourth-order valence-electron chi connectivity index (χ4n) is 4.77. The predicted molar refractivity (Wildman–Crippen MR) is 146 cm³/mol. The Hall–Kier alpha value is -4.48. The molecule has 0 fully saturated rings. The number of hydrogen-bond acceptors (Lipinski definition) is 7. The molecule has 0 spiro atoms. The van der Waals surface area contributed by atoms with Crippen LogP contribution in [0.2, 0.25) is 0 Å². The SMILES string of the molecule is C[C@](O)(CNC(=O)c1cc(COCF)c2ncccc2c1)c1cc2c(c(-c3ccc(F)cc3)n1)OC[C@]2(C)C(N)=O. The Morgan fingerprint density at radius 2 is 1.98 bits per heavy atom. The van der Waals surface area contributed by atoms with Gasteiger partial charge in [-0.1, -0.05) is 6.07 Å². The molecule has 9 nitrogen and oxygen atoms in total. The van der Waals surface area contributed by atoms with E-state index < -0.39 is 35.5 Å². The zero-order chi connectivity index (χ0) is 29.4. The number of fused-ring (bicyclic) bond motifs is 2. The summed E-state index contributed by atoms with van der Waals surface area (Å²) in [5, 5.41) is 14.9. The van der Waals surface area contributed by atoms with Gasteiger partial charge >= 0.3 is 0 Å². The molecule has 2 atom stereocenters. The highest BCUT2D eigenvalue weighted by Gasteiger charge is 2.45. The maximum Gasteiger partial charge on any atom is 0.251 e. The van der Waals surface area contributed by atoms with Crippen molar-refractivity contribution in [2.75, 3.05) is 20.0 Å². The van der Waals surface area contributed by atoms with E-state index in [1.54, 1.807) is 43.5 Å². The molecule has 0 unspecified atom stereocenters. The maximum absolute atomic E-state index is 13.6. The van der Waals surface area contributed by atoms with Crippen LogP contribution in [0.3, 0.4) is 0 Å². The summed E-state index contributed by atoms with van der Waals surface area (Å²) < 4.78 is 37.1. The molecular formula is C30H28F2N4O5. The number of pyridine rings is 2. The molecule has 0 saturated heterocycles. The number of hydrogen-bond donors (Lipinski definition) is 3. The van der Waals surface area contributed by atoms with Crippen LogP contribution in [0.25, 0.3) is 22.2 Å². The van der Waals surface area contributed by atoms with Gasteiger partial charge in [0.05, 0.1) is 24.4 Å². The van der Waals surface area contributed by atoms with Crippen LogP contribution in [0.4, 0.5) is 8.78 Å². The minimum absolute atomic E-state index is 0.0266. The van der Waals surface area contributed by atoms with Gasteiger partial charge in [-0.2, -0.15) is 0 Å². The number of alkyl halides is 1. The number of amides is 2. The van der Waals surface area contributed by atoms with Crippen molar-refractivity contribution in [3.63, 3.8) is 0 Å². The number of aromatic nitrogens is 2. The van der Waals surface area contributed by atoms with Crippen LogP contribution < -0.4 is 15.8 Å². The van der Waals surface area contributed by atoms with Crippen molar-refractivity contribution in [2.24, 2.45) is 5.73 Å². The van der Waals surface area contributed by atoms with E-state index in [0.29, 0.717) is 39.0 Å². The monoisotopic (exact) mass is 562 g/mol. The molecule has 3 heterocycles. The molecule has 2 aromatic heterocycles. The molecular weight excluding hydrogens is 534 g/mol. The molecule has 212 valence electrons. The number of aliphatic hydroxyl groups is 1. The highest BCUT2D eigenvalue weighted by molar-refractivity contribution is 5.99. The topological polar surface area (TPSA) is 137 Å². The van der Waals surface area contributed by atoms with Gasteiger partial charge in [0.2, 0.25) is 5.91 Å². The largest absolute Gasteiger partial charge is 0.489 e. The summed E-state index contributed by atoms with van der Waals surface area (Å²) in [4.78, 5) is 34.5. The Balaban J connectivity index is 1.48.